The van der Waals surface area contributed by atoms with Crippen LogP contribution < -0.4 is 5.32 Å². The molecule has 0 aromatic heterocycles. The van der Waals surface area contributed by atoms with E-state index in [0.717, 1.165) is 25.2 Å². The average Bonchev–Trinajstić information content (AvgIpc) is 1.87. The molecular weight excluding hydrogens is 138 g/mol. The highest BCUT2D eigenvalue weighted by Crippen LogP contribution is 2.05. The largest absolute Gasteiger partial charge is 0.313 e. The Bertz CT molecular complexity index is 110. The Labute approximate surface area is 69.4 Å². The van der Waals surface area contributed by atoms with E-state index < -0.39 is 0 Å². The first-order chi connectivity index (χ1) is 5.16. The van der Waals surface area contributed by atoms with Gasteiger partial charge in [0.1, 0.15) is 5.78 Å². The molecule has 11 heavy (non-hydrogen) atoms. The van der Waals surface area contributed by atoms with E-state index in [9.17, 15) is 4.79 Å². The van der Waals surface area contributed by atoms with Crippen LogP contribution in [0.2, 0.25) is 0 Å². The molecule has 0 aromatic carbocycles. The van der Waals surface area contributed by atoms with Gasteiger partial charge in [-0.15, -0.1) is 0 Å². The van der Waals surface area contributed by atoms with E-state index in [2.05, 4.69) is 19.2 Å². The van der Waals surface area contributed by atoms with E-state index in [0.29, 0.717) is 12.3 Å². The van der Waals surface area contributed by atoms with Gasteiger partial charge in [-0.2, -0.15) is 0 Å². The second kappa shape index (κ2) is 6.35. The topological polar surface area (TPSA) is 29.1 Å². The van der Waals surface area contributed by atoms with Gasteiger partial charge in [-0.25, -0.2) is 0 Å². The van der Waals surface area contributed by atoms with Crippen LogP contribution in [0.1, 0.15) is 33.1 Å². The van der Waals surface area contributed by atoms with Crippen molar-refractivity contribution in [3.63, 3.8) is 0 Å². The Morgan fingerprint density at radius 3 is 2.55 bits per heavy atom. The predicted molar refractivity (Wildman–Crippen MR) is 47.6 cm³/mol. The first-order valence-electron chi connectivity index (χ1n) is 4.33. The number of ketones is 1. The molecular formula is C9H19NO. The van der Waals surface area contributed by atoms with Crippen molar-refractivity contribution in [3.8, 4) is 0 Å². The molecule has 0 aliphatic heterocycles. The second-order valence-electron chi connectivity index (χ2n) is 3.36. The molecule has 2 nitrogen and oxygen atoms in total. The highest BCUT2D eigenvalue weighted by molar-refractivity contribution is 5.80. The molecule has 0 spiro atoms. The molecule has 0 amide bonds. The molecule has 66 valence electrons. The van der Waals surface area contributed by atoms with Crippen LogP contribution in [0, 0.1) is 5.92 Å². The molecule has 0 atom stereocenters. The number of carbonyl (C=O) groups is 1. The van der Waals surface area contributed by atoms with Crippen LogP contribution in [0.3, 0.4) is 0 Å². The van der Waals surface area contributed by atoms with Crippen molar-refractivity contribution in [1.82, 2.24) is 5.32 Å². The van der Waals surface area contributed by atoms with Gasteiger partial charge in [0.25, 0.3) is 0 Å². The number of hydrogen-bond donors (Lipinski definition) is 1. The highest BCUT2D eigenvalue weighted by Gasteiger charge is 2.00. The third-order valence-electron chi connectivity index (χ3n) is 1.61. The van der Waals surface area contributed by atoms with Crippen molar-refractivity contribution in [3.05, 3.63) is 0 Å². The number of likely N-dealkylation sites (N-methyl/N-ethyl adjacent to an activating group) is 1. The van der Waals surface area contributed by atoms with Crippen molar-refractivity contribution in [2.45, 2.75) is 33.1 Å². The van der Waals surface area contributed by atoms with Crippen LogP contribution >= 0.6 is 0 Å². The van der Waals surface area contributed by atoms with Gasteiger partial charge in [-0.3, -0.25) is 4.79 Å². The second-order valence-corrected chi connectivity index (χ2v) is 3.36. The van der Waals surface area contributed by atoms with E-state index in [4.69, 9.17) is 0 Å². The lowest BCUT2D eigenvalue weighted by Gasteiger charge is -2.02. The van der Waals surface area contributed by atoms with Crippen molar-refractivity contribution in [1.29, 1.82) is 0 Å². The minimum atomic E-state index is 0.327. The molecule has 0 fully saturated rings. The Morgan fingerprint density at radius 2 is 2.09 bits per heavy atom. The van der Waals surface area contributed by atoms with Gasteiger partial charge in [-0.1, -0.05) is 20.3 Å². The summed E-state index contributed by atoms with van der Waals surface area (Å²) in [7, 11) is 1.81. The van der Waals surface area contributed by atoms with Gasteiger partial charge in [0.05, 0.1) is 6.54 Å². The molecule has 0 saturated heterocycles. The van der Waals surface area contributed by atoms with Gasteiger partial charge in [-0.05, 0) is 19.4 Å². The van der Waals surface area contributed by atoms with Gasteiger partial charge >= 0.3 is 0 Å². The summed E-state index contributed by atoms with van der Waals surface area (Å²) in [6.07, 6.45) is 2.94. The average molecular weight is 157 g/mol. The summed E-state index contributed by atoms with van der Waals surface area (Å²) in [5, 5.41) is 2.86. The summed E-state index contributed by atoms with van der Waals surface area (Å²) in [6, 6.07) is 0. The van der Waals surface area contributed by atoms with E-state index in [1.54, 1.807) is 7.05 Å². The van der Waals surface area contributed by atoms with E-state index in [1.165, 1.54) is 0 Å². The number of rotatable bonds is 6. The minimum Gasteiger partial charge on any atom is -0.313 e. The number of nitrogens with one attached hydrogen (secondary N) is 1. The maximum atomic E-state index is 11.0. The van der Waals surface area contributed by atoms with Crippen molar-refractivity contribution >= 4 is 5.78 Å². The molecule has 0 rings (SSSR count). The number of Topliss-reactive ketones (excluding diaryl/α,β-unsaturated/α-hetero) is 1. The first kappa shape index (κ1) is 10.6. The molecule has 0 aliphatic carbocycles. The summed E-state index contributed by atoms with van der Waals surface area (Å²) < 4.78 is 0. The first-order valence-corrected chi connectivity index (χ1v) is 4.33. The highest BCUT2D eigenvalue weighted by atomic mass is 16.1. The maximum Gasteiger partial charge on any atom is 0.146 e. The SMILES string of the molecule is CNCC(=O)CCCC(C)C. The van der Waals surface area contributed by atoms with Crippen LogP contribution in [-0.2, 0) is 4.79 Å². The predicted octanol–water partition coefficient (Wildman–Crippen LogP) is 1.60. The van der Waals surface area contributed by atoms with Crippen LogP contribution in [0.25, 0.3) is 0 Å². The molecule has 0 saturated carbocycles. The van der Waals surface area contributed by atoms with Crippen molar-refractivity contribution in [2.24, 2.45) is 5.92 Å². The van der Waals surface area contributed by atoms with Crippen LogP contribution in [0.5, 0.6) is 0 Å². The Kier molecular flexibility index (Phi) is 6.13. The van der Waals surface area contributed by atoms with Gasteiger partial charge < -0.3 is 5.32 Å². The lowest BCUT2D eigenvalue weighted by molar-refractivity contribution is -0.118. The number of hydrogen-bond acceptors (Lipinski definition) is 2. The summed E-state index contributed by atoms with van der Waals surface area (Å²) in [4.78, 5) is 11.0. The van der Waals surface area contributed by atoms with E-state index in [-0.39, 0.29) is 0 Å². The minimum absolute atomic E-state index is 0.327. The van der Waals surface area contributed by atoms with Crippen LogP contribution in [-0.4, -0.2) is 19.4 Å². The summed E-state index contributed by atoms with van der Waals surface area (Å²) in [6.45, 7) is 4.89. The zero-order chi connectivity index (χ0) is 8.69. The fourth-order valence-corrected chi connectivity index (χ4v) is 0.993. The smallest absolute Gasteiger partial charge is 0.146 e. The van der Waals surface area contributed by atoms with Crippen LogP contribution in [0.4, 0.5) is 0 Å². The zero-order valence-corrected chi connectivity index (χ0v) is 7.81. The molecule has 1 N–H and O–H groups in total. The van der Waals surface area contributed by atoms with Crippen molar-refractivity contribution in [2.75, 3.05) is 13.6 Å². The quantitative estimate of drug-likeness (QED) is 0.634. The Hall–Kier alpha value is -0.370. The third kappa shape index (κ3) is 7.53. The fraction of sp³-hybridized carbons (Fsp3) is 0.889. The normalized spacial score (nSPS) is 10.5. The summed E-state index contributed by atoms with van der Waals surface area (Å²) in [5.41, 5.74) is 0. The van der Waals surface area contributed by atoms with Gasteiger partial charge in [0.15, 0.2) is 0 Å². The molecule has 0 radical (unpaired) electrons. The third-order valence-corrected chi connectivity index (χ3v) is 1.61. The Balaban J connectivity index is 3.17. The molecule has 2 heteroatoms. The number of carbonyl (C=O) groups excluding carboxylic acids is 1. The van der Waals surface area contributed by atoms with E-state index >= 15 is 0 Å². The summed E-state index contributed by atoms with van der Waals surface area (Å²) in [5.74, 6) is 1.05. The molecule has 0 aliphatic rings. The van der Waals surface area contributed by atoms with Gasteiger partial charge in [0, 0.05) is 6.42 Å². The molecule has 0 bridgehead atoms. The lowest BCUT2D eigenvalue weighted by atomic mass is 10.1. The lowest BCUT2D eigenvalue weighted by Crippen LogP contribution is -2.18. The maximum absolute atomic E-state index is 11.0. The molecule has 0 heterocycles. The summed E-state index contributed by atoms with van der Waals surface area (Å²) >= 11 is 0. The molecule has 0 unspecified atom stereocenters. The molecule has 0 aromatic rings. The van der Waals surface area contributed by atoms with E-state index in [1.807, 2.05) is 0 Å². The van der Waals surface area contributed by atoms with Gasteiger partial charge in [0.2, 0.25) is 0 Å². The Morgan fingerprint density at radius 1 is 1.45 bits per heavy atom. The standard InChI is InChI=1S/C9H19NO/c1-8(2)5-4-6-9(11)7-10-3/h8,10H,4-7H2,1-3H3. The zero-order valence-electron chi connectivity index (χ0n) is 7.81. The monoisotopic (exact) mass is 157 g/mol. The van der Waals surface area contributed by atoms with Crippen LogP contribution in [0.15, 0.2) is 0 Å². The fourth-order valence-electron chi connectivity index (χ4n) is 0.993. The van der Waals surface area contributed by atoms with Crippen molar-refractivity contribution < 1.29 is 4.79 Å².